The third kappa shape index (κ3) is 7.01. The molecule has 0 unspecified atom stereocenters. The van der Waals surface area contributed by atoms with Gasteiger partial charge in [-0.1, -0.05) is 48.5 Å². The van der Waals surface area contributed by atoms with Crippen molar-refractivity contribution in [1.29, 1.82) is 0 Å². The number of fused-ring (bicyclic) bond motifs is 1. The van der Waals surface area contributed by atoms with Crippen molar-refractivity contribution in [3.8, 4) is 0 Å². The Bertz CT molecular complexity index is 1090. The standard InChI is InChI=1S/C24H27N3O5S/c1-33-12-11-20(23(29)30)26-22(28)21(13-17-14-25-19-10-6-5-9-18(17)19)27-24(31)32-15-16-7-3-2-4-8-16/h2-10,14,20-21,25H,11-13,15H2,1H3,(H,26,28)(H,27,31)(H,29,30)/t20-,21-/m0/s1. The smallest absolute Gasteiger partial charge is 0.408 e. The lowest BCUT2D eigenvalue weighted by Crippen LogP contribution is -2.52. The van der Waals surface area contributed by atoms with Crippen molar-refractivity contribution in [1.82, 2.24) is 15.6 Å². The number of hydrogen-bond donors (Lipinski definition) is 4. The highest BCUT2D eigenvalue weighted by Gasteiger charge is 2.27. The van der Waals surface area contributed by atoms with Crippen LogP contribution in [-0.4, -0.2) is 52.2 Å². The van der Waals surface area contributed by atoms with E-state index in [0.717, 1.165) is 22.0 Å². The average Bonchev–Trinajstić information content (AvgIpc) is 3.23. The Morgan fingerprint density at radius 2 is 1.76 bits per heavy atom. The lowest BCUT2D eigenvalue weighted by Gasteiger charge is -2.21. The number of carboxylic acid groups (broad SMARTS) is 1. The normalized spacial score (nSPS) is 12.6. The maximum Gasteiger partial charge on any atom is 0.408 e. The number of aliphatic carboxylic acids is 1. The molecule has 0 radical (unpaired) electrons. The molecule has 4 N–H and O–H groups in total. The Balaban J connectivity index is 1.73. The molecule has 2 atom stereocenters. The topological polar surface area (TPSA) is 121 Å². The molecule has 174 valence electrons. The summed E-state index contributed by atoms with van der Waals surface area (Å²) in [5.74, 6) is -1.11. The second-order valence-corrected chi connectivity index (χ2v) is 8.49. The van der Waals surface area contributed by atoms with Gasteiger partial charge in [0, 0.05) is 23.5 Å². The first-order valence-electron chi connectivity index (χ1n) is 10.5. The van der Waals surface area contributed by atoms with Crippen molar-refractivity contribution in [2.45, 2.75) is 31.5 Å². The molecule has 0 aliphatic heterocycles. The predicted octanol–water partition coefficient (Wildman–Crippen LogP) is 3.33. The molecule has 2 aromatic carbocycles. The Kier molecular flexibility index (Phi) is 8.77. The number of alkyl carbamates (subject to hydrolysis) is 1. The molecular weight excluding hydrogens is 442 g/mol. The van der Waals surface area contributed by atoms with Crippen molar-refractivity contribution in [2.24, 2.45) is 0 Å². The monoisotopic (exact) mass is 469 g/mol. The molecule has 9 heteroatoms. The minimum absolute atomic E-state index is 0.0551. The van der Waals surface area contributed by atoms with Crippen molar-refractivity contribution in [3.63, 3.8) is 0 Å². The van der Waals surface area contributed by atoms with Gasteiger partial charge in [0.05, 0.1) is 0 Å². The molecule has 0 spiro atoms. The van der Waals surface area contributed by atoms with Gasteiger partial charge in [-0.2, -0.15) is 11.8 Å². The van der Waals surface area contributed by atoms with Gasteiger partial charge in [-0.05, 0) is 35.6 Å². The first-order chi connectivity index (χ1) is 16.0. The van der Waals surface area contributed by atoms with E-state index in [-0.39, 0.29) is 19.4 Å². The van der Waals surface area contributed by atoms with Crippen LogP contribution in [0.3, 0.4) is 0 Å². The Labute approximate surface area is 196 Å². The molecule has 0 aliphatic carbocycles. The van der Waals surface area contributed by atoms with Gasteiger partial charge in [-0.3, -0.25) is 4.79 Å². The van der Waals surface area contributed by atoms with Gasteiger partial charge in [0.15, 0.2) is 0 Å². The third-order valence-corrected chi connectivity index (χ3v) is 5.79. The number of rotatable bonds is 11. The van der Waals surface area contributed by atoms with Crippen LogP contribution in [0.2, 0.25) is 0 Å². The zero-order chi connectivity index (χ0) is 23.6. The molecule has 1 aromatic heterocycles. The zero-order valence-electron chi connectivity index (χ0n) is 18.2. The van der Waals surface area contributed by atoms with Crippen molar-refractivity contribution in [3.05, 3.63) is 71.9 Å². The first-order valence-corrected chi connectivity index (χ1v) is 11.9. The van der Waals surface area contributed by atoms with Crippen LogP contribution in [0.15, 0.2) is 60.8 Å². The Morgan fingerprint density at radius 3 is 2.48 bits per heavy atom. The number of ether oxygens (including phenoxy) is 1. The number of carboxylic acids is 1. The number of aromatic amines is 1. The maximum absolute atomic E-state index is 13.0. The summed E-state index contributed by atoms with van der Waals surface area (Å²) >= 11 is 1.49. The van der Waals surface area contributed by atoms with Gasteiger partial charge in [0.25, 0.3) is 0 Å². The van der Waals surface area contributed by atoms with E-state index >= 15 is 0 Å². The van der Waals surface area contributed by atoms with Crippen molar-refractivity contribution < 1.29 is 24.2 Å². The van der Waals surface area contributed by atoms with Gasteiger partial charge in [-0.15, -0.1) is 0 Å². The van der Waals surface area contributed by atoms with Crippen LogP contribution in [0, 0.1) is 0 Å². The second kappa shape index (κ2) is 12.0. The molecule has 3 aromatic rings. The summed E-state index contributed by atoms with van der Waals surface area (Å²) in [4.78, 5) is 40.2. The van der Waals surface area contributed by atoms with E-state index in [9.17, 15) is 19.5 Å². The van der Waals surface area contributed by atoms with Crippen molar-refractivity contribution in [2.75, 3.05) is 12.0 Å². The first kappa shape index (κ1) is 24.2. The lowest BCUT2D eigenvalue weighted by molar-refractivity contribution is -0.142. The van der Waals surface area contributed by atoms with Crippen LogP contribution in [0.25, 0.3) is 10.9 Å². The van der Waals surface area contributed by atoms with E-state index in [1.807, 2.05) is 60.9 Å². The summed E-state index contributed by atoms with van der Waals surface area (Å²) in [5.41, 5.74) is 2.54. The van der Waals surface area contributed by atoms with Gasteiger partial charge in [-0.25, -0.2) is 9.59 Å². The molecule has 0 saturated heterocycles. The van der Waals surface area contributed by atoms with E-state index in [1.165, 1.54) is 11.8 Å². The maximum atomic E-state index is 13.0. The highest BCUT2D eigenvalue weighted by atomic mass is 32.2. The second-order valence-electron chi connectivity index (χ2n) is 7.50. The van der Waals surface area contributed by atoms with Gasteiger partial charge in [0.1, 0.15) is 18.7 Å². The number of para-hydroxylation sites is 1. The SMILES string of the molecule is CSCC[C@H](NC(=O)[C@H](Cc1c[nH]c2ccccc12)NC(=O)OCc1ccccc1)C(=O)O. The summed E-state index contributed by atoms with van der Waals surface area (Å²) in [7, 11) is 0. The lowest BCUT2D eigenvalue weighted by atomic mass is 10.0. The van der Waals surface area contributed by atoms with E-state index in [4.69, 9.17) is 4.74 Å². The number of thioether (sulfide) groups is 1. The molecule has 0 saturated carbocycles. The van der Waals surface area contributed by atoms with Gasteiger partial charge in [0.2, 0.25) is 5.91 Å². The van der Waals surface area contributed by atoms with E-state index in [2.05, 4.69) is 15.6 Å². The van der Waals surface area contributed by atoms with Crippen LogP contribution < -0.4 is 10.6 Å². The minimum Gasteiger partial charge on any atom is -0.480 e. The number of hydrogen-bond acceptors (Lipinski definition) is 5. The Morgan fingerprint density at radius 1 is 1.03 bits per heavy atom. The largest absolute Gasteiger partial charge is 0.480 e. The number of H-pyrrole nitrogens is 1. The molecule has 2 amide bonds. The number of amides is 2. The predicted molar refractivity (Wildman–Crippen MR) is 128 cm³/mol. The van der Waals surface area contributed by atoms with Crippen LogP contribution in [0.1, 0.15) is 17.5 Å². The molecule has 1 heterocycles. The summed E-state index contributed by atoms with van der Waals surface area (Å²) in [5, 5.41) is 15.6. The third-order valence-electron chi connectivity index (χ3n) is 5.15. The summed E-state index contributed by atoms with van der Waals surface area (Å²) in [6.45, 7) is 0.0551. The molecule has 8 nitrogen and oxygen atoms in total. The number of nitrogens with one attached hydrogen (secondary N) is 3. The van der Waals surface area contributed by atoms with E-state index in [1.54, 1.807) is 6.20 Å². The van der Waals surface area contributed by atoms with E-state index in [0.29, 0.717) is 5.75 Å². The van der Waals surface area contributed by atoms with Crippen LogP contribution >= 0.6 is 11.8 Å². The van der Waals surface area contributed by atoms with Crippen LogP contribution in [0.5, 0.6) is 0 Å². The Hall–Kier alpha value is -3.46. The summed E-state index contributed by atoms with van der Waals surface area (Å²) in [6, 6.07) is 14.8. The quantitative estimate of drug-likeness (QED) is 0.342. The number of aromatic nitrogens is 1. The minimum atomic E-state index is -1.12. The zero-order valence-corrected chi connectivity index (χ0v) is 19.1. The highest BCUT2D eigenvalue weighted by molar-refractivity contribution is 7.98. The number of carbonyl (C=O) groups excluding carboxylic acids is 2. The summed E-state index contributed by atoms with van der Waals surface area (Å²) in [6.07, 6.45) is 3.34. The average molecular weight is 470 g/mol. The highest BCUT2D eigenvalue weighted by Crippen LogP contribution is 2.19. The fourth-order valence-electron chi connectivity index (χ4n) is 3.40. The number of carbonyl (C=O) groups is 3. The molecule has 33 heavy (non-hydrogen) atoms. The molecule has 0 fully saturated rings. The fraction of sp³-hybridized carbons (Fsp3) is 0.292. The molecular formula is C24H27N3O5S. The molecule has 0 bridgehead atoms. The fourth-order valence-corrected chi connectivity index (χ4v) is 3.87. The van der Waals surface area contributed by atoms with Crippen molar-refractivity contribution >= 4 is 40.6 Å². The number of benzene rings is 2. The van der Waals surface area contributed by atoms with Gasteiger partial charge < -0.3 is 25.5 Å². The van der Waals surface area contributed by atoms with E-state index < -0.39 is 30.1 Å². The molecule has 0 aliphatic rings. The summed E-state index contributed by atoms with van der Waals surface area (Å²) < 4.78 is 5.28. The van der Waals surface area contributed by atoms with Crippen LogP contribution in [0.4, 0.5) is 4.79 Å². The van der Waals surface area contributed by atoms with Gasteiger partial charge >= 0.3 is 12.1 Å². The molecule has 3 rings (SSSR count). The van der Waals surface area contributed by atoms with Crippen LogP contribution in [-0.2, 0) is 27.4 Å².